The van der Waals surface area contributed by atoms with Crippen molar-refractivity contribution < 1.29 is 19.7 Å². The maximum atomic E-state index is 11.8. The van der Waals surface area contributed by atoms with Crippen molar-refractivity contribution in [1.29, 1.82) is 0 Å². The second-order valence-electron chi connectivity index (χ2n) is 8.88. The Morgan fingerprint density at radius 3 is 1.58 bits per heavy atom. The van der Waals surface area contributed by atoms with Crippen LogP contribution in [0.4, 0.5) is 0 Å². The van der Waals surface area contributed by atoms with Gasteiger partial charge in [0.2, 0.25) is 0 Å². The number of aromatic hydroxyl groups is 2. The Bertz CT molecular complexity index is 570. The number of phenolic OH excluding ortho intramolecular Hbond substituents is 2. The van der Waals surface area contributed by atoms with Crippen molar-refractivity contribution in [3.05, 3.63) is 23.8 Å². The maximum absolute atomic E-state index is 11.8. The molecule has 0 aromatic heterocycles. The van der Waals surface area contributed by atoms with Gasteiger partial charge in [-0.15, -0.1) is 0 Å². The van der Waals surface area contributed by atoms with E-state index in [4.69, 9.17) is 4.74 Å². The summed E-state index contributed by atoms with van der Waals surface area (Å²) in [6.07, 6.45) is 22.8. The van der Waals surface area contributed by atoms with E-state index in [1.807, 2.05) is 0 Å². The minimum atomic E-state index is -0.290. The van der Waals surface area contributed by atoms with Crippen LogP contribution in [-0.2, 0) is 16.0 Å². The van der Waals surface area contributed by atoms with Crippen molar-refractivity contribution in [2.45, 2.75) is 122 Å². The molecule has 0 atom stereocenters. The molecular formula is C27H46O4. The summed E-state index contributed by atoms with van der Waals surface area (Å²) in [6.45, 7) is 2.73. The van der Waals surface area contributed by atoms with E-state index in [0.717, 1.165) is 12.8 Å². The van der Waals surface area contributed by atoms with Gasteiger partial charge in [-0.1, -0.05) is 116 Å². The van der Waals surface area contributed by atoms with E-state index in [1.165, 1.54) is 108 Å². The number of phenols is 2. The summed E-state index contributed by atoms with van der Waals surface area (Å²) >= 11 is 0. The van der Waals surface area contributed by atoms with Gasteiger partial charge in [-0.2, -0.15) is 0 Å². The molecule has 0 aliphatic carbocycles. The summed E-state index contributed by atoms with van der Waals surface area (Å²) in [5, 5.41) is 18.7. The minimum absolute atomic E-state index is 0.118. The van der Waals surface area contributed by atoms with Crippen LogP contribution >= 0.6 is 0 Å². The third-order valence-corrected chi connectivity index (χ3v) is 5.90. The minimum Gasteiger partial charge on any atom is -0.504 e. The number of hydrogen-bond acceptors (Lipinski definition) is 4. The molecule has 31 heavy (non-hydrogen) atoms. The summed E-state index contributed by atoms with van der Waals surface area (Å²) in [6, 6.07) is 4.40. The Morgan fingerprint density at radius 2 is 1.13 bits per heavy atom. The lowest BCUT2D eigenvalue weighted by molar-refractivity contribution is -0.142. The molecule has 1 aromatic rings. The molecule has 1 rings (SSSR count). The van der Waals surface area contributed by atoms with Gasteiger partial charge in [0.05, 0.1) is 13.0 Å². The number of benzene rings is 1. The zero-order chi connectivity index (χ0) is 22.6. The first-order valence-corrected chi connectivity index (χ1v) is 12.8. The highest BCUT2D eigenvalue weighted by molar-refractivity contribution is 5.72. The average molecular weight is 435 g/mol. The molecule has 0 radical (unpaired) electrons. The van der Waals surface area contributed by atoms with E-state index in [9.17, 15) is 15.0 Å². The van der Waals surface area contributed by atoms with Crippen LogP contribution in [-0.4, -0.2) is 22.8 Å². The SMILES string of the molecule is CCCCCCCCCCCCCCCCCCCOC(=O)Cc1ccc(O)c(O)c1. The van der Waals surface area contributed by atoms with Gasteiger partial charge in [-0.05, 0) is 24.1 Å². The van der Waals surface area contributed by atoms with Crippen LogP contribution in [0.3, 0.4) is 0 Å². The Morgan fingerprint density at radius 1 is 0.677 bits per heavy atom. The lowest BCUT2D eigenvalue weighted by Crippen LogP contribution is -2.09. The highest BCUT2D eigenvalue weighted by Gasteiger charge is 2.07. The molecule has 0 unspecified atom stereocenters. The zero-order valence-electron chi connectivity index (χ0n) is 19.9. The largest absolute Gasteiger partial charge is 0.504 e. The number of carbonyl (C=O) groups is 1. The fourth-order valence-corrected chi connectivity index (χ4v) is 3.91. The Labute approximate surface area is 190 Å². The second kappa shape index (κ2) is 19.0. The fourth-order valence-electron chi connectivity index (χ4n) is 3.91. The molecule has 0 fully saturated rings. The van der Waals surface area contributed by atoms with Gasteiger partial charge >= 0.3 is 5.97 Å². The third kappa shape index (κ3) is 15.7. The monoisotopic (exact) mass is 434 g/mol. The number of ether oxygens (including phenoxy) is 1. The number of esters is 1. The average Bonchev–Trinajstić information content (AvgIpc) is 2.75. The number of carbonyl (C=O) groups excluding carboxylic acids is 1. The predicted molar refractivity (Wildman–Crippen MR) is 129 cm³/mol. The molecule has 4 heteroatoms. The number of unbranched alkanes of at least 4 members (excludes halogenated alkanes) is 16. The van der Waals surface area contributed by atoms with Crippen LogP contribution in [0, 0.1) is 0 Å². The second-order valence-corrected chi connectivity index (χ2v) is 8.88. The summed E-state index contributed by atoms with van der Waals surface area (Å²) in [5.41, 5.74) is 0.641. The number of hydrogen-bond donors (Lipinski definition) is 2. The molecule has 0 heterocycles. The maximum Gasteiger partial charge on any atom is 0.310 e. The van der Waals surface area contributed by atoms with Crippen LogP contribution in [0.1, 0.15) is 122 Å². The van der Waals surface area contributed by atoms with E-state index in [2.05, 4.69) is 6.92 Å². The van der Waals surface area contributed by atoms with E-state index in [1.54, 1.807) is 6.07 Å². The van der Waals surface area contributed by atoms with Crippen molar-refractivity contribution in [2.24, 2.45) is 0 Å². The van der Waals surface area contributed by atoms with Gasteiger partial charge in [0.25, 0.3) is 0 Å². The van der Waals surface area contributed by atoms with Crippen LogP contribution in [0.2, 0.25) is 0 Å². The van der Waals surface area contributed by atoms with Crippen molar-refractivity contribution in [3.8, 4) is 11.5 Å². The lowest BCUT2D eigenvalue weighted by atomic mass is 10.0. The molecule has 178 valence electrons. The van der Waals surface area contributed by atoms with Crippen molar-refractivity contribution in [1.82, 2.24) is 0 Å². The molecule has 0 saturated carbocycles. The van der Waals surface area contributed by atoms with Crippen LogP contribution < -0.4 is 0 Å². The summed E-state index contributed by atoms with van der Waals surface area (Å²) in [5.74, 6) is -0.680. The quantitative estimate of drug-likeness (QED) is 0.125. The van der Waals surface area contributed by atoms with Gasteiger partial charge in [0.1, 0.15) is 0 Å². The first-order chi connectivity index (χ1) is 15.1. The molecule has 0 aliphatic rings. The summed E-state index contributed by atoms with van der Waals surface area (Å²) in [4.78, 5) is 11.8. The smallest absolute Gasteiger partial charge is 0.310 e. The zero-order valence-corrected chi connectivity index (χ0v) is 19.9. The van der Waals surface area contributed by atoms with E-state index in [-0.39, 0.29) is 23.9 Å². The highest BCUT2D eigenvalue weighted by atomic mass is 16.5. The molecular weight excluding hydrogens is 388 g/mol. The molecule has 0 aliphatic heterocycles. The lowest BCUT2D eigenvalue weighted by Gasteiger charge is -2.06. The van der Waals surface area contributed by atoms with E-state index >= 15 is 0 Å². The van der Waals surface area contributed by atoms with E-state index < -0.39 is 0 Å². The molecule has 4 nitrogen and oxygen atoms in total. The first-order valence-electron chi connectivity index (χ1n) is 12.8. The Hall–Kier alpha value is -1.71. The molecule has 2 N–H and O–H groups in total. The normalized spacial score (nSPS) is 11.0. The van der Waals surface area contributed by atoms with Gasteiger partial charge in [0.15, 0.2) is 11.5 Å². The predicted octanol–water partition coefficient (Wildman–Crippen LogP) is 7.84. The summed E-state index contributed by atoms with van der Waals surface area (Å²) < 4.78 is 5.26. The van der Waals surface area contributed by atoms with E-state index in [0.29, 0.717) is 12.2 Å². The Kier molecular flexibility index (Phi) is 16.8. The summed E-state index contributed by atoms with van der Waals surface area (Å²) in [7, 11) is 0. The fraction of sp³-hybridized carbons (Fsp3) is 0.741. The highest BCUT2D eigenvalue weighted by Crippen LogP contribution is 2.25. The van der Waals surface area contributed by atoms with Crippen molar-refractivity contribution in [3.63, 3.8) is 0 Å². The number of rotatable bonds is 20. The molecule has 0 spiro atoms. The van der Waals surface area contributed by atoms with Gasteiger partial charge < -0.3 is 14.9 Å². The van der Waals surface area contributed by atoms with Gasteiger partial charge in [-0.3, -0.25) is 4.79 Å². The molecule has 1 aromatic carbocycles. The van der Waals surface area contributed by atoms with Crippen LogP contribution in [0.5, 0.6) is 11.5 Å². The third-order valence-electron chi connectivity index (χ3n) is 5.90. The van der Waals surface area contributed by atoms with Crippen molar-refractivity contribution in [2.75, 3.05) is 6.61 Å². The topological polar surface area (TPSA) is 66.8 Å². The van der Waals surface area contributed by atoms with Gasteiger partial charge in [-0.25, -0.2) is 0 Å². The molecule has 0 saturated heterocycles. The van der Waals surface area contributed by atoms with Crippen LogP contribution in [0.15, 0.2) is 18.2 Å². The van der Waals surface area contributed by atoms with Crippen molar-refractivity contribution >= 4 is 5.97 Å². The first kappa shape index (κ1) is 27.3. The molecule has 0 bridgehead atoms. The van der Waals surface area contributed by atoms with Crippen LogP contribution in [0.25, 0.3) is 0 Å². The molecule has 0 amide bonds. The van der Waals surface area contributed by atoms with Gasteiger partial charge in [0, 0.05) is 0 Å². The standard InChI is InChI=1S/C27H46O4/c1-2-3-4-5-6-7-8-9-10-11-12-13-14-15-16-17-18-21-31-27(30)23-24-19-20-25(28)26(29)22-24/h19-20,22,28-29H,2-18,21,23H2,1H3. The Balaban J connectivity index is 1.80.